The number of phenolic OH excluding ortho intramolecular Hbond substituents is 1. The first-order valence-corrected chi connectivity index (χ1v) is 6.30. The molecule has 1 aromatic rings. The maximum Gasteiger partial charge on any atom is 0.225 e. The van der Waals surface area contributed by atoms with Gasteiger partial charge in [-0.15, -0.1) is 0 Å². The first kappa shape index (κ1) is 15.3. The van der Waals surface area contributed by atoms with Gasteiger partial charge >= 0.3 is 0 Å². The van der Waals surface area contributed by atoms with Crippen LogP contribution in [-0.2, 0) is 11.3 Å². The van der Waals surface area contributed by atoms with Crippen molar-refractivity contribution in [2.24, 2.45) is 11.7 Å². The van der Waals surface area contributed by atoms with E-state index in [1.807, 2.05) is 6.92 Å². The molecule has 5 nitrogen and oxygen atoms in total. The molecule has 3 N–H and O–H groups in total. The molecule has 1 aromatic carbocycles. The van der Waals surface area contributed by atoms with Crippen molar-refractivity contribution >= 4 is 5.91 Å². The van der Waals surface area contributed by atoms with Gasteiger partial charge in [-0.25, -0.2) is 0 Å². The van der Waals surface area contributed by atoms with Crippen LogP contribution in [0.1, 0.15) is 18.9 Å². The van der Waals surface area contributed by atoms with E-state index in [0.29, 0.717) is 25.3 Å². The third-order valence-corrected chi connectivity index (χ3v) is 3.06. The second-order valence-corrected chi connectivity index (χ2v) is 4.68. The van der Waals surface area contributed by atoms with E-state index >= 15 is 0 Å². The Morgan fingerprint density at radius 1 is 1.53 bits per heavy atom. The number of nitrogens with two attached hydrogens (primary N) is 1. The average molecular weight is 266 g/mol. The van der Waals surface area contributed by atoms with E-state index in [2.05, 4.69) is 0 Å². The smallest absolute Gasteiger partial charge is 0.225 e. The van der Waals surface area contributed by atoms with Crippen molar-refractivity contribution in [2.45, 2.75) is 19.9 Å². The monoisotopic (exact) mass is 266 g/mol. The van der Waals surface area contributed by atoms with Crippen molar-refractivity contribution in [2.75, 3.05) is 20.7 Å². The molecule has 106 valence electrons. The number of carbonyl (C=O) groups excluding carboxylic acids is 1. The highest BCUT2D eigenvalue weighted by Gasteiger charge is 2.17. The van der Waals surface area contributed by atoms with E-state index in [1.165, 1.54) is 7.11 Å². The number of ether oxygens (including phenoxy) is 1. The minimum Gasteiger partial charge on any atom is -0.504 e. The standard InChI is InChI=1S/C14H22N2O3/c1-10(6-7-15)14(18)16(2)9-11-4-5-12(17)13(8-11)19-3/h4-5,8,10,17H,6-7,9,15H2,1-3H3. The van der Waals surface area contributed by atoms with Crippen molar-refractivity contribution in [1.29, 1.82) is 0 Å². The number of amides is 1. The first-order chi connectivity index (χ1) is 8.99. The van der Waals surface area contributed by atoms with E-state index in [4.69, 9.17) is 10.5 Å². The summed E-state index contributed by atoms with van der Waals surface area (Å²) in [7, 11) is 3.26. The molecule has 0 aliphatic heterocycles. The lowest BCUT2D eigenvalue weighted by Gasteiger charge is -2.21. The minimum atomic E-state index is -0.0750. The van der Waals surface area contributed by atoms with Crippen LogP contribution in [-0.4, -0.2) is 36.6 Å². The van der Waals surface area contributed by atoms with E-state index in [9.17, 15) is 9.90 Å². The number of aromatic hydroxyl groups is 1. The number of hydrogen-bond donors (Lipinski definition) is 2. The molecule has 0 aliphatic rings. The number of carbonyl (C=O) groups is 1. The van der Waals surface area contributed by atoms with Gasteiger partial charge in [0.25, 0.3) is 0 Å². The second kappa shape index (κ2) is 6.99. The summed E-state index contributed by atoms with van der Waals surface area (Å²) in [5.74, 6) is 0.497. The molecule has 0 saturated carbocycles. The molecule has 0 heterocycles. The fraction of sp³-hybridized carbons (Fsp3) is 0.500. The summed E-state index contributed by atoms with van der Waals surface area (Å²) in [5.41, 5.74) is 6.37. The molecule has 1 rings (SSSR count). The van der Waals surface area contributed by atoms with Gasteiger partial charge in [0.05, 0.1) is 7.11 Å². The Morgan fingerprint density at radius 2 is 2.21 bits per heavy atom. The van der Waals surface area contributed by atoms with E-state index in [-0.39, 0.29) is 17.6 Å². The first-order valence-electron chi connectivity index (χ1n) is 6.30. The topological polar surface area (TPSA) is 75.8 Å². The van der Waals surface area contributed by atoms with Crippen LogP contribution in [0.25, 0.3) is 0 Å². The highest BCUT2D eigenvalue weighted by molar-refractivity contribution is 5.78. The molecule has 1 amide bonds. The zero-order valence-corrected chi connectivity index (χ0v) is 11.7. The summed E-state index contributed by atoms with van der Waals surface area (Å²) >= 11 is 0. The molecule has 0 spiro atoms. The fourth-order valence-corrected chi connectivity index (χ4v) is 1.92. The Hall–Kier alpha value is -1.75. The van der Waals surface area contributed by atoms with Crippen LogP contribution in [0.5, 0.6) is 11.5 Å². The number of hydrogen-bond acceptors (Lipinski definition) is 4. The minimum absolute atomic E-state index is 0.0671. The van der Waals surface area contributed by atoms with Crippen LogP contribution in [0, 0.1) is 5.92 Å². The van der Waals surface area contributed by atoms with Crippen molar-refractivity contribution in [1.82, 2.24) is 4.90 Å². The lowest BCUT2D eigenvalue weighted by molar-refractivity contribution is -0.134. The molecule has 0 radical (unpaired) electrons. The number of methoxy groups -OCH3 is 1. The molecule has 0 aromatic heterocycles. The third-order valence-electron chi connectivity index (χ3n) is 3.06. The van der Waals surface area contributed by atoms with Gasteiger partial charge in [0.2, 0.25) is 5.91 Å². The predicted octanol–water partition coefficient (Wildman–Crippen LogP) is 1.34. The molecule has 19 heavy (non-hydrogen) atoms. The summed E-state index contributed by atoms with van der Waals surface area (Å²) in [6, 6.07) is 5.07. The van der Waals surface area contributed by atoms with Gasteiger partial charge in [-0.2, -0.15) is 0 Å². The molecule has 0 aliphatic carbocycles. The van der Waals surface area contributed by atoms with Gasteiger partial charge in [-0.3, -0.25) is 4.79 Å². The fourth-order valence-electron chi connectivity index (χ4n) is 1.92. The van der Waals surface area contributed by atoms with Gasteiger partial charge in [0, 0.05) is 19.5 Å². The van der Waals surface area contributed by atoms with Gasteiger partial charge in [-0.1, -0.05) is 13.0 Å². The molecule has 1 atom stereocenters. The Balaban J connectivity index is 2.71. The Labute approximate surface area is 114 Å². The summed E-state index contributed by atoms with van der Waals surface area (Å²) in [6.07, 6.45) is 0.683. The van der Waals surface area contributed by atoms with E-state index in [1.54, 1.807) is 30.1 Å². The molecular weight excluding hydrogens is 244 g/mol. The highest BCUT2D eigenvalue weighted by atomic mass is 16.5. The van der Waals surface area contributed by atoms with Crippen molar-refractivity contribution in [3.8, 4) is 11.5 Å². The molecule has 1 unspecified atom stereocenters. The normalized spacial score (nSPS) is 12.0. The quantitative estimate of drug-likeness (QED) is 0.814. The predicted molar refractivity (Wildman–Crippen MR) is 74.0 cm³/mol. The Bertz CT molecular complexity index is 435. The van der Waals surface area contributed by atoms with Crippen LogP contribution >= 0.6 is 0 Å². The molecule has 0 saturated heterocycles. The van der Waals surface area contributed by atoms with E-state index in [0.717, 1.165) is 5.56 Å². The van der Waals surface area contributed by atoms with Gasteiger partial charge in [0.1, 0.15) is 0 Å². The Kier molecular flexibility index (Phi) is 5.63. The maximum atomic E-state index is 12.0. The van der Waals surface area contributed by atoms with Crippen LogP contribution in [0.15, 0.2) is 18.2 Å². The molecular formula is C14H22N2O3. The molecule has 0 bridgehead atoms. The van der Waals surface area contributed by atoms with Crippen molar-refractivity contribution < 1.29 is 14.6 Å². The van der Waals surface area contributed by atoms with Crippen LogP contribution in [0.3, 0.4) is 0 Å². The number of benzene rings is 1. The van der Waals surface area contributed by atoms with Gasteiger partial charge < -0.3 is 20.5 Å². The van der Waals surface area contributed by atoms with Crippen LogP contribution < -0.4 is 10.5 Å². The third kappa shape index (κ3) is 4.13. The number of phenols is 1. The second-order valence-electron chi connectivity index (χ2n) is 4.68. The SMILES string of the molecule is COc1cc(CN(C)C(=O)C(C)CCN)ccc1O. The van der Waals surface area contributed by atoms with Gasteiger partial charge in [0.15, 0.2) is 11.5 Å². The summed E-state index contributed by atoms with van der Waals surface area (Å²) in [6.45, 7) is 2.86. The molecule has 0 fully saturated rings. The summed E-state index contributed by atoms with van der Waals surface area (Å²) in [5, 5.41) is 9.52. The van der Waals surface area contributed by atoms with Gasteiger partial charge in [-0.05, 0) is 30.7 Å². The summed E-state index contributed by atoms with van der Waals surface area (Å²) in [4.78, 5) is 13.7. The number of rotatable bonds is 6. The Morgan fingerprint density at radius 3 is 2.79 bits per heavy atom. The zero-order valence-electron chi connectivity index (χ0n) is 11.7. The zero-order chi connectivity index (χ0) is 14.4. The van der Waals surface area contributed by atoms with Crippen molar-refractivity contribution in [3.05, 3.63) is 23.8 Å². The number of nitrogens with zero attached hydrogens (tertiary/aromatic N) is 1. The maximum absolute atomic E-state index is 12.0. The summed E-state index contributed by atoms with van der Waals surface area (Å²) < 4.78 is 5.04. The molecule has 5 heteroatoms. The van der Waals surface area contributed by atoms with Crippen LogP contribution in [0.4, 0.5) is 0 Å². The van der Waals surface area contributed by atoms with Crippen LogP contribution in [0.2, 0.25) is 0 Å². The largest absolute Gasteiger partial charge is 0.504 e. The van der Waals surface area contributed by atoms with Crippen molar-refractivity contribution in [3.63, 3.8) is 0 Å². The van der Waals surface area contributed by atoms with E-state index < -0.39 is 0 Å². The lowest BCUT2D eigenvalue weighted by Crippen LogP contribution is -2.32. The highest BCUT2D eigenvalue weighted by Crippen LogP contribution is 2.26. The average Bonchev–Trinajstić information content (AvgIpc) is 2.40. The lowest BCUT2D eigenvalue weighted by atomic mass is 10.1.